The molecule has 1 fully saturated rings. The first-order valence-corrected chi connectivity index (χ1v) is 5.69. The standard InChI is InChI=1S/C11H13N5O2/c1-7-13-14-9(8-5-12-15(2)6-8)16(7)11(3-4-11)10(17)18/h5-6H,3-4H2,1-2H3,(H,17,18). The van der Waals surface area contributed by atoms with E-state index in [1.807, 2.05) is 0 Å². The smallest absolute Gasteiger partial charge is 0.330 e. The van der Waals surface area contributed by atoms with Gasteiger partial charge in [-0.25, -0.2) is 4.79 Å². The van der Waals surface area contributed by atoms with Crippen LogP contribution in [0.25, 0.3) is 11.4 Å². The van der Waals surface area contributed by atoms with Crippen LogP contribution in [0.5, 0.6) is 0 Å². The lowest BCUT2D eigenvalue weighted by atomic mass is 10.2. The van der Waals surface area contributed by atoms with Crippen molar-refractivity contribution in [3.8, 4) is 11.4 Å². The Bertz CT molecular complexity index is 623. The number of aryl methyl sites for hydroxylation is 2. The quantitative estimate of drug-likeness (QED) is 0.856. The molecule has 1 saturated carbocycles. The molecule has 7 heteroatoms. The Morgan fingerprint density at radius 1 is 1.44 bits per heavy atom. The van der Waals surface area contributed by atoms with Crippen molar-refractivity contribution in [1.29, 1.82) is 0 Å². The van der Waals surface area contributed by atoms with E-state index in [0.29, 0.717) is 24.5 Å². The van der Waals surface area contributed by atoms with E-state index >= 15 is 0 Å². The average molecular weight is 247 g/mol. The Kier molecular flexibility index (Phi) is 2.07. The first kappa shape index (κ1) is 10.9. The fourth-order valence-corrected chi connectivity index (χ4v) is 2.25. The summed E-state index contributed by atoms with van der Waals surface area (Å²) in [5.74, 6) is 0.366. The molecule has 1 aliphatic rings. The minimum Gasteiger partial charge on any atom is -0.479 e. The predicted molar refractivity (Wildman–Crippen MR) is 61.8 cm³/mol. The summed E-state index contributed by atoms with van der Waals surface area (Å²) in [6.07, 6.45) is 4.71. The van der Waals surface area contributed by atoms with Gasteiger partial charge >= 0.3 is 5.97 Å². The normalized spacial score (nSPS) is 16.8. The topological polar surface area (TPSA) is 85.8 Å². The van der Waals surface area contributed by atoms with Gasteiger partial charge in [0.05, 0.1) is 11.8 Å². The van der Waals surface area contributed by atoms with E-state index in [-0.39, 0.29) is 0 Å². The number of hydrogen-bond acceptors (Lipinski definition) is 4. The summed E-state index contributed by atoms with van der Waals surface area (Å²) < 4.78 is 3.37. The van der Waals surface area contributed by atoms with Crippen LogP contribution in [-0.2, 0) is 17.4 Å². The first-order valence-electron chi connectivity index (χ1n) is 5.69. The van der Waals surface area contributed by atoms with Crippen LogP contribution in [0.1, 0.15) is 18.7 Å². The van der Waals surface area contributed by atoms with Crippen molar-refractivity contribution < 1.29 is 9.90 Å². The van der Waals surface area contributed by atoms with Gasteiger partial charge in [0.25, 0.3) is 0 Å². The number of hydrogen-bond donors (Lipinski definition) is 1. The van der Waals surface area contributed by atoms with Gasteiger partial charge < -0.3 is 5.11 Å². The molecule has 1 N–H and O–H groups in total. The van der Waals surface area contributed by atoms with Gasteiger partial charge in [0.1, 0.15) is 11.4 Å². The van der Waals surface area contributed by atoms with Crippen molar-refractivity contribution >= 4 is 5.97 Å². The Morgan fingerprint density at radius 2 is 2.17 bits per heavy atom. The maximum absolute atomic E-state index is 11.4. The van der Waals surface area contributed by atoms with Crippen LogP contribution in [0.3, 0.4) is 0 Å². The van der Waals surface area contributed by atoms with Crippen LogP contribution >= 0.6 is 0 Å². The monoisotopic (exact) mass is 247 g/mol. The van der Waals surface area contributed by atoms with Gasteiger partial charge in [0.2, 0.25) is 0 Å². The molecule has 3 rings (SSSR count). The van der Waals surface area contributed by atoms with E-state index < -0.39 is 11.5 Å². The van der Waals surface area contributed by atoms with Crippen molar-refractivity contribution in [2.45, 2.75) is 25.3 Å². The summed E-state index contributed by atoms with van der Waals surface area (Å²) in [6.45, 7) is 1.77. The van der Waals surface area contributed by atoms with Gasteiger partial charge in [-0.3, -0.25) is 9.25 Å². The molecule has 0 spiro atoms. The summed E-state index contributed by atoms with van der Waals surface area (Å²) >= 11 is 0. The third kappa shape index (κ3) is 1.36. The molecular weight excluding hydrogens is 234 g/mol. The lowest BCUT2D eigenvalue weighted by molar-refractivity contribution is -0.142. The van der Waals surface area contributed by atoms with Crippen molar-refractivity contribution in [2.75, 3.05) is 0 Å². The highest BCUT2D eigenvalue weighted by atomic mass is 16.4. The summed E-state index contributed by atoms with van der Waals surface area (Å²) in [5, 5.41) is 21.5. The highest BCUT2D eigenvalue weighted by Crippen LogP contribution is 2.46. The maximum atomic E-state index is 11.4. The van der Waals surface area contributed by atoms with Crippen LogP contribution in [-0.4, -0.2) is 35.6 Å². The zero-order valence-electron chi connectivity index (χ0n) is 10.2. The fraction of sp³-hybridized carbons (Fsp3) is 0.455. The van der Waals surface area contributed by atoms with E-state index in [4.69, 9.17) is 0 Å². The van der Waals surface area contributed by atoms with Gasteiger partial charge in [-0.05, 0) is 19.8 Å². The first-order chi connectivity index (χ1) is 8.54. The largest absolute Gasteiger partial charge is 0.479 e. The van der Waals surface area contributed by atoms with Gasteiger partial charge in [-0.2, -0.15) is 5.10 Å². The molecule has 2 heterocycles. The van der Waals surface area contributed by atoms with E-state index in [9.17, 15) is 9.90 Å². The molecule has 2 aromatic rings. The van der Waals surface area contributed by atoms with Crippen LogP contribution in [0.4, 0.5) is 0 Å². The molecular formula is C11H13N5O2. The number of aromatic nitrogens is 5. The molecule has 0 saturated heterocycles. The Morgan fingerprint density at radius 3 is 2.67 bits per heavy atom. The van der Waals surface area contributed by atoms with Gasteiger partial charge in [0.15, 0.2) is 5.82 Å². The molecule has 94 valence electrons. The summed E-state index contributed by atoms with van der Waals surface area (Å²) in [5.41, 5.74) is -0.0794. The molecule has 0 radical (unpaired) electrons. The van der Waals surface area contributed by atoms with Crippen LogP contribution in [0.2, 0.25) is 0 Å². The second kappa shape index (κ2) is 3.41. The molecule has 0 aromatic carbocycles. The van der Waals surface area contributed by atoms with Gasteiger partial charge in [-0.15, -0.1) is 10.2 Å². The highest BCUT2D eigenvalue weighted by molar-refractivity contribution is 5.81. The molecule has 0 atom stereocenters. The number of carbonyl (C=O) groups is 1. The zero-order chi connectivity index (χ0) is 12.9. The second-order valence-corrected chi connectivity index (χ2v) is 4.65. The summed E-state index contributed by atoms with van der Waals surface area (Å²) in [4.78, 5) is 11.4. The molecule has 18 heavy (non-hydrogen) atoms. The average Bonchev–Trinajstić information content (AvgIpc) is 2.87. The highest BCUT2D eigenvalue weighted by Gasteiger charge is 2.54. The summed E-state index contributed by atoms with van der Waals surface area (Å²) in [7, 11) is 1.81. The number of carboxylic acids is 1. The fourth-order valence-electron chi connectivity index (χ4n) is 2.25. The van der Waals surface area contributed by atoms with Crippen molar-refractivity contribution in [3.63, 3.8) is 0 Å². The lowest BCUT2D eigenvalue weighted by Crippen LogP contribution is -2.29. The Hall–Kier alpha value is -2.18. The summed E-state index contributed by atoms with van der Waals surface area (Å²) in [6, 6.07) is 0. The van der Waals surface area contributed by atoms with Crippen molar-refractivity contribution in [2.24, 2.45) is 7.05 Å². The molecule has 0 aliphatic heterocycles. The molecule has 1 aliphatic carbocycles. The molecule has 7 nitrogen and oxygen atoms in total. The number of nitrogens with zero attached hydrogens (tertiary/aromatic N) is 5. The second-order valence-electron chi connectivity index (χ2n) is 4.65. The van der Waals surface area contributed by atoms with E-state index in [1.54, 1.807) is 35.6 Å². The maximum Gasteiger partial charge on any atom is 0.330 e. The van der Waals surface area contributed by atoms with Crippen LogP contribution < -0.4 is 0 Å². The van der Waals surface area contributed by atoms with Gasteiger partial charge in [0, 0.05) is 13.2 Å². The predicted octanol–water partition coefficient (Wildman–Crippen LogP) is 0.561. The van der Waals surface area contributed by atoms with E-state index in [1.165, 1.54) is 0 Å². The van der Waals surface area contributed by atoms with E-state index in [2.05, 4.69) is 15.3 Å². The van der Waals surface area contributed by atoms with Crippen molar-refractivity contribution in [3.05, 3.63) is 18.2 Å². The minimum atomic E-state index is -0.862. The van der Waals surface area contributed by atoms with Gasteiger partial charge in [-0.1, -0.05) is 0 Å². The van der Waals surface area contributed by atoms with Crippen LogP contribution in [0, 0.1) is 6.92 Å². The Labute approximate surface area is 103 Å². The molecule has 2 aromatic heterocycles. The van der Waals surface area contributed by atoms with E-state index in [0.717, 1.165) is 5.56 Å². The lowest BCUT2D eigenvalue weighted by Gasteiger charge is -2.15. The molecule has 0 unspecified atom stereocenters. The number of aliphatic carboxylic acids is 1. The number of rotatable bonds is 3. The third-order valence-corrected chi connectivity index (χ3v) is 3.34. The molecule has 0 bridgehead atoms. The Balaban J connectivity index is 2.16. The van der Waals surface area contributed by atoms with Crippen LogP contribution in [0.15, 0.2) is 12.4 Å². The van der Waals surface area contributed by atoms with Crippen molar-refractivity contribution in [1.82, 2.24) is 24.5 Å². The zero-order valence-corrected chi connectivity index (χ0v) is 10.2. The minimum absolute atomic E-state index is 0.570. The number of carboxylic acid groups (broad SMARTS) is 1. The third-order valence-electron chi connectivity index (χ3n) is 3.34. The SMILES string of the molecule is Cc1nnc(-c2cnn(C)c2)n1C1(C(=O)O)CC1. The molecule has 0 amide bonds.